The number of amides is 1. The van der Waals surface area contributed by atoms with E-state index in [1.165, 1.54) is 36.4 Å². The van der Waals surface area contributed by atoms with Crippen LogP contribution >= 0.6 is 0 Å². The zero-order valence-corrected chi connectivity index (χ0v) is 16.5. The van der Waals surface area contributed by atoms with Crippen molar-refractivity contribution in [1.82, 2.24) is 15.5 Å². The molecule has 0 saturated heterocycles. The van der Waals surface area contributed by atoms with E-state index in [2.05, 4.69) is 25.8 Å². The number of nitrogens with one attached hydrogen (secondary N) is 3. The van der Waals surface area contributed by atoms with Crippen LogP contribution in [0.1, 0.15) is 36.0 Å². The van der Waals surface area contributed by atoms with Crippen LogP contribution in [0, 0.1) is 17.5 Å². The SMILES string of the molecule is O=C(/N=C(\Nc1cc(-c2cc(F)cc(F)c2)[nH]n1)NC1CCCC1)c1ccc(F)cc1. The summed E-state index contributed by atoms with van der Waals surface area (Å²) in [7, 11) is 0. The molecule has 0 atom stereocenters. The van der Waals surface area contributed by atoms with Gasteiger partial charge in [-0.15, -0.1) is 0 Å². The Morgan fingerprint density at radius 2 is 1.65 bits per heavy atom. The molecule has 1 saturated carbocycles. The number of nitrogens with zero attached hydrogens (tertiary/aromatic N) is 2. The first-order valence-electron chi connectivity index (χ1n) is 9.90. The van der Waals surface area contributed by atoms with Gasteiger partial charge in [-0.1, -0.05) is 12.8 Å². The van der Waals surface area contributed by atoms with Gasteiger partial charge in [0.05, 0.1) is 5.69 Å². The Labute approximate surface area is 176 Å². The predicted octanol–water partition coefficient (Wildman–Crippen LogP) is 4.63. The first kappa shape index (κ1) is 20.6. The minimum atomic E-state index is -0.700. The fourth-order valence-electron chi connectivity index (χ4n) is 3.48. The number of halogens is 3. The summed E-state index contributed by atoms with van der Waals surface area (Å²) in [6, 6.07) is 9.98. The number of aromatic nitrogens is 2. The minimum absolute atomic E-state index is 0.156. The molecule has 1 fully saturated rings. The molecule has 1 aliphatic rings. The van der Waals surface area contributed by atoms with Crippen LogP contribution in [0.15, 0.2) is 53.5 Å². The molecule has 0 bridgehead atoms. The summed E-state index contributed by atoms with van der Waals surface area (Å²) in [5.74, 6) is -1.87. The monoisotopic (exact) mass is 427 g/mol. The van der Waals surface area contributed by atoms with Crippen molar-refractivity contribution in [2.24, 2.45) is 4.99 Å². The maximum atomic E-state index is 13.5. The van der Waals surface area contributed by atoms with Crippen LogP contribution in [0.5, 0.6) is 0 Å². The molecule has 1 amide bonds. The van der Waals surface area contributed by atoms with E-state index in [1.54, 1.807) is 6.07 Å². The average molecular weight is 427 g/mol. The molecule has 1 aromatic heterocycles. The van der Waals surface area contributed by atoms with E-state index in [4.69, 9.17) is 0 Å². The van der Waals surface area contributed by atoms with Gasteiger partial charge < -0.3 is 10.6 Å². The number of guanidine groups is 1. The van der Waals surface area contributed by atoms with E-state index in [1.807, 2.05) is 0 Å². The summed E-state index contributed by atoms with van der Waals surface area (Å²) in [6.07, 6.45) is 4.04. The Kier molecular flexibility index (Phi) is 6.01. The smallest absolute Gasteiger partial charge is 0.280 e. The van der Waals surface area contributed by atoms with Crippen LogP contribution in [0.4, 0.5) is 19.0 Å². The number of benzene rings is 2. The number of anilines is 1. The molecule has 0 unspecified atom stereocenters. The fraction of sp³-hybridized carbons (Fsp3) is 0.227. The van der Waals surface area contributed by atoms with Gasteiger partial charge in [0.15, 0.2) is 5.82 Å². The molecule has 3 aromatic rings. The summed E-state index contributed by atoms with van der Waals surface area (Å²) in [5, 5.41) is 13.0. The molecule has 0 radical (unpaired) electrons. The Hall–Kier alpha value is -3.62. The van der Waals surface area contributed by atoms with Crippen molar-refractivity contribution >= 4 is 17.7 Å². The van der Waals surface area contributed by atoms with E-state index in [0.29, 0.717) is 17.1 Å². The number of aliphatic imine (C=N–C) groups is 1. The highest BCUT2D eigenvalue weighted by Crippen LogP contribution is 2.22. The molecule has 6 nitrogen and oxygen atoms in total. The lowest BCUT2D eigenvalue weighted by Crippen LogP contribution is -2.38. The number of aromatic amines is 1. The van der Waals surface area contributed by atoms with Crippen molar-refractivity contribution in [3.05, 3.63) is 71.5 Å². The molecule has 1 aliphatic carbocycles. The van der Waals surface area contributed by atoms with E-state index < -0.39 is 23.4 Å². The molecule has 2 aromatic carbocycles. The Morgan fingerprint density at radius 3 is 2.32 bits per heavy atom. The third kappa shape index (κ3) is 5.30. The van der Waals surface area contributed by atoms with Gasteiger partial charge in [-0.25, -0.2) is 13.2 Å². The van der Waals surface area contributed by atoms with Gasteiger partial charge in [0.1, 0.15) is 17.5 Å². The van der Waals surface area contributed by atoms with Crippen LogP contribution in [0.3, 0.4) is 0 Å². The summed E-state index contributed by atoms with van der Waals surface area (Å²) in [4.78, 5) is 16.6. The molecule has 9 heteroatoms. The highest BCUT2D eigenvalue weighted by molar-refractivity contribution is 6.06. The minimum Gasteiger partial charge on any atom is -0.353 e. The van der Waals surface area contributed by atoms with E-state index in [-0.39, 0.29) is 17.6 Å². The van der Waals surface area contributed by atoms with Gasteiger partial charge >= 0.3 is 0 Å². The summed E-state index contributed by atoms with van der Waals surface area (Å²) >= 11 is 0. The molecule has 4 rings (SSSR count). The molecular weight excluding hydrogens is 407 g/mol. The zero-order chi connectivity index (χ0) is 21.8. The van der Waals surface area contributed by atoms with Crippen molar-refractivity contribution in [2.75, 3.05) is 5.32 Å². The maximum Gasteiger partial charge on any atom is 0.280 e. The lowest BCUT2D eigenvalue weighted by atomic mass is 10.1. The number of hydrogen-bond donors (Lipinski definition) is 3. The van der Waals surface area contributed by atoms with Crippen molar-refractivity contribution in [1.29, 1.82) is 0 Å². The summed E-state index contributed by atoms with van der Waals surface area (Å²) in [5.41, 5.74) is 0.931. The Bertz CT molecular complexity index is 1080. The normalized spacial score (nSPS) is 14.6. The average Bonchev–Trinajstić information content (AvgIpc) is 3.40. The lowest BCUT2D eigenvalue weighted by Gasteiger charge is -2.15. The van der Waals surface area contributed by atoms with Gasteiger partial charge in [0.2, 0.25) is 5.96 Å². The van der Waals surface area contributed by atoms with Crippen LogP contribution < -0.4 is 10.6 Å². The van der Waals surface area contributed by atoms with Gasteiger partial charge in [-0.3, -0.25) is 9.89 Å². The highest BCUT2D eigenvalue weighted by atomic mass is 19.1. The van der Waals surface area contributed by atoms with Crippen molar-refractivity contribution < 1.29 is 18.0 Å². The third-order valence-electron chi connectivity index (χ3n) is 5.00. The number of carbonyl (C=O) groups is 1. The second-order valence-electron chi connectivity index (χ2n) is 7.35. The molecule has 3 N–H and O–H groups in total. The summed E-state index contributed by atoms with van der Waals surface area (Å²) in [6.45, 7) is 0. The molecular formula is C22H20F3N5O. The zero-order valence-electron chi connectivity index (χ0n) is 16.5. The highest BCUT2D eigenvalue weighted by Gasteiger charge is 2.18. The van der Waals surface area contributed by atoms with Crippen molar-refractivity contribution in [2.45, 2.75) is 31.7 Å². The third-order valence-corrected chi connectivity index (χ3v) is 5.00. The van der Waals surface area contributed by atoms with E-state index in [0.717, 1.165) is 31.7 Å². The molecule has 0 aliphatic heterocycles. The number of rotatable bonds is 4. The molecule has 1 heterocycles. The Balaban J connectivity index is 1.56. The van der Waals surface area contributed by atoms with Crippen molar-refractivity contribution in [3.8, 4) is 11.3 Å². The van der Waals surface area contributed by atoms with Crippen LogP contribution in [0.25, 0.3) is 11.3 Å². The number of H-pyrrole nitrogens is 1. The van der Waals surface area contributed by atoms with Gasteiger partial charge in [0, 0.05) is 29.3 Å². The van der Waals surface area contributed by atoms with Crippen LogP contribution in [-0.4, -0.2) is 28.1 Å². The van der Waals surface area contributed by atoms with Crippen molar-refractivity contribution in [3.63, 3.8) is 0 Å². The molecule has 160 valence electrons. The topological polar surface area (TPSA) is 82.2 Å². The summed E-state index contributed by atoms with van der Waals surface area (Å²) < 4.78 is 40.1. The maximum absolute atomic E-state index is 13.5. The first-order chi connectivity index (χ1) is 15.0. The van der Waals surface area contributed by atoms with E-state index in [9.17, 15) is 18.0 Å². The largest absolute Gasteiger partial charge is 0.353 e. The number of carbonyl (C=O) groups excluding carboxylic acids is 1. The van der Waals surface area contributed by atoms with Crippen LogP contribution in [-0.2, 0) is 0 Å². The fourth-order valence-corrected chi connectivity index (χ4v) is 3.48. The first-order valence-corrected chi connectivity index (χ1v) is 9.90. The molecule has 0 spiro atoms. The quantitative estimate of drug-likeness (QED) is 0.419. The van der Waals surface area contributed by atoms with Gasteiger partial charge in [-0.2, -0.15) is 10.1 Å². The Morgan fingerprint density at radius 1 is 0.968 bits per heavy atom. The van der Waals surface area contributed by atoms with Gasteiger partial charge in [0.25, 0.3) is 5.91 Å². The standard InChI is InChI=1S/C22H20F3N5O/c23-15-7-5-13(6-8-15)21(31)28-22(26-18-3-1-2-4-18)27-20-12-19(29-30-20)14-9-16(24)11-17(25)10-14/h5-12,18H,1-4H2,(H3,26,27,28,29,30,31). The van der Waals surface area contributed by atoms with Crippen LogP contribution in [0.2, 0.25) is 0 Å². The van der Waals surface area contributed by atoms with Gasteiger partial charge in [-0.05, 0) is 49.2 Å². The lowest BCUT2D eigenvalue weighted by molar-refractivity contribution is 0.100. The predicted molar refractivity (Wildman–Crippen MR) is 111 cm³/mol. The second kappa shape index (κ2) is 9.03. The molecule has 31 heavy (non-hydrogen) atoms. The number of hydrogen-bond acceptors (Lipinski definition) is 2. The van der Waals surface area contributed by atoms with E-state index >= 15 is 0 Å². The second-order valence-corrected chi connectivity index (χ2v) is 7.35.